The Bertz CT molecular complexity index is 635. The highest BCUT2D eigenvalue weighted by molar-refractivity contribution is 6.09. The predicted molar refractivity (Wildman–Crippen MR) is 89.1 cm³/mol. The maximum atomic E-state index is 12.8. The lowest BCUT2D eigenvalue weighted by molar-refractivity contribution is 0.0993. The third-order valence-electron chi connectivity index (χ3n) is 3.38. The number of benzene rings is 2. The lowest BCUT2D eigenvalue weighted by atomic mass is 10.1. The number of anilines is 2. The van der Waals surface area contributed by atoms with E-state index < -0.39 is 0 Å². The van der Waals surface area contributed by atoms with Crippen molar-refractivity contribution in [2.24, 2.45) is 0 Å². The van der Waals surface area contributed by atoms with Crippen molar-refractivity contribution in [2.75, 3.05) is 17.3 Å². The number of aryl methyl sites for hydroxylation is 1. The molecule has 0 aromatic heterocycles. The fourth-order valence-electron chi connectivity index (χ4n) is 2.34. The minimum atomic E-state index is -0.00644. The van der Waals surface area contributed by atoms with E-state index in [-0.39, 0.29) is 11.9 Å². The molecule has 0 fully saturated rings. The highest BCUT2D eigenvalue weighted by Gasteiger charge is 2.18. The van der Waals surface area contributed by atoms with Gasteiger partial charge >= 0.3 is 0 Å². The van der Waals surface area contributed by atoms with Crippen LogP contribution in [-0.2, 0) is 0 Å². The minimum Gasteiger partial charge on any atom is -0.382 e. The van der Waals surface area contributed by atoms with Gasteiger partial charge in [-0.15, -0.1) is 0 Å². The molecule has 2 aromatic carbocycles. The summed E-state index contributed by atoms with van der Waals surface area (Å²) in [5.74, 6) is -0.00644. The molecule has 0 saturated carbocycles. The standard InChI is InChI=1S/C18H22N2O/c1-13(2)19-16-11-7-6-10-15(16)18(21)20(4)17-12-8-5-9-14(17)3/h5-13,19H,1-4H3. The lowest BCUT2D eigenvalue weighted by Gasteiger charge is -2.22. The molecule has 2 aromatic rings. The number of carbonyl (C=O) groups excluding carboxylic acids is 1. The lowest BCUT2D eigenvalue weighted by Crippen LogP contribution is -2.28. The first-order chi connectivity index (χ1) is 10.0. The van der Waals surface area contributed by atoms with Crippen molar-refractivity contribution in [3.8, 4) is 0 Å². The summed E-state index contributed by atoms with van der Waals surface area (Å²) in [7, 11) is 1.82. The second kappa shape index (κ2) is 6.44. The van der Waals surface area contributed by atoms with Gasteiger partial charge in [0.25, 0.3) is 5.91 Å². The zero-order valence-electron chi connectivity index (χ0n) is 13.1. The third kappa shape index (κ3) is 3.43. The smallest absolute Gasteiger partial charge is 0.260 e. The van der Waals surface area contributed by atoms with Crippen LogP contribution in [0.4, 0.5) is 11.4 Å². The van der Waals surface area contributed by atoms with E-state index in [0.29, 0.717) is 5.56 Å². The SMILES string of the molecule is Cc1ccccc1N(C)C(=O)c1ccccc1NC(C)C. The third-order valence-corrected chi connectivity index (χ3v) is 3.38. The predicted octanol–water partition coefficient (Wildman–Crippen LogP) is 4.09. The van der Waals surface area contributed by atoms with Gasteiger partial charge in [-0.3, -0.25) is 4.79 Å². The van der Waals surface area contributed by atoms with Crippen LogP contribution in [0.3, 0.4) is 0 Å². The van der Waals surface area contributed by atoms with Crippen molar-refractivity contribution in [2.45, 2.75) is 26.8 Å². The molecule has 0 bridgehead atoms. The van der Waals surface area contributed by atoms with Crippen molar-refractivity contribution < 1.29 is 4.79 Å². The van der Waals surface area contributed by atoms with Crippen LogP contribution < -0.4 is 10.2 Å². The first-order valence-electron chi connectivity index (χ1n) is 7.20. The summed E-state index contributed by atoms with van der Waals surface area (Å²) in [5, 5.41) is 3.33. The highest BCUT2D eigenvalue weighted by Crippen LogP contribution is 2.23. The average Bonchev–Trinajstić information content (AvgIpc) is 2.46. The summed E-state index contributed by atoms with van der Waals surface area (Å²) >= 11 is 0. The van der Waals surface area contributed by atoms with Gasteiger partial charge in [0, 0.05) is 24.5 Å². The van der Waals surface area contributed by atoms with Gasteiger partial charge in [-0.1, -0.05) is 30.3 Å². The second-order valence-corrected chi connectivity index (χ2v) is 5.50. The fourth-order valence-corrected chi connectivity index (χ4v) is 2.34. The maximum absolute atomic E-state index is 12.8. The zero-order chi connectivity index (χ0) is 15.4. The van der Waals surface area contributed by atoms with Crippen LogP contribution in [0, 0.1) is 6.92 Å². The monoisotopic (exact) mass is 282 g/mol. The Balaban J connectivity index is 2.34. The largest absolute Gasteiger partial charge is 0.382 e. The number of amides is 1. The molecule has 0 aliphatic rings. The van der Waals surface area contributed by atoms with Gasteiger partial charge in [0.1, 0.15) is 0 Å². The number of rotatable bonds is 4. The van der Waals surface area contributed by atoms with Crippen LogP contribution in [-0.4, -0.2) is 19.0 Å². The van der Waals surface area contributed by atoms with Crippen LogP contribution >= 0.6 is 0 Å². The number of para-hydroxylation sites is 2. The topological polar surface area (TPSA) is 32.3 Å². The summed E-state index contributed by atoms with van der Waals surface area (Å²) in [6.45, 7) is 6.13. The van der Waals surface area contributed by atoms with Crippen molar-refractivity contribution >= 4 is 17.3 Å². The molecule has 0 spiro atoms. The van der Waals surface area contributed by atoms with E-state index in [0.717, 1.165) is 16.9 Å². The number of hydrogen-bond donors (Lipinski definition) is 1. The van der Waals surface area contributed by atoms with Crippen molar-refractivity contribution in [1.29, 1.82) is 0 Å². The molecule has 1 N–H and O–H groups in total. The summed E-state index contributed by atoms with van der Waals surface area (Å²) in [4.78, 5) is 14.5. The van der Waals surface area contributed by atoms with Gasteiger partial charge in [0.15, 0.2) is 0 Å². The molecule has 0 saturated heterocycles. The molecule has 0 atom stereocenters. The van der Waals surface area contributed by atoms with E-state index in [2.05, 4.69) is 19.2 Å². The molecular weight excluding hydrogens is 260 g/mol. The van der Waals surface area contributed by atoms with Crippen molar-refractivity contribution in [3.05, 3.63) is 59.7 Å². The molecule has 0 radical (unpaired) electrons. The van der Waals surface area contributed by atoms with Gasteiger partial charge in [-0.2, -0.15) is 0 Å². The van der Waals surface area contributed by atoms with Crippen LogP contribution in [0.2, 0.25) is 0 Å². The molecule has 1 amide bonds. The van der Waals surface area contributed by atoms with E-state index in [4.69, 9.17) is 0 Å². The average molecular weight is 282 g/mol. The Morgan fingerprint density at radius 1 is 1.05 bits per heavy atom. The Kier molecular flexibility index (Phi) is 4.63. The number of carbonyl (C=O) groups is 1. The molecule has 0 aliphatic heterocycles. The second-order valence-electron chi connectivity index (χ2n) is 5.50. The molecular formula is C18H22N2O. The maximum Gasteiger partial charge on any atom is 0.260 e. The number of hydrogen-bond acceptors (Lipinski definition) is 2. The Morgan fingerprint density at radius 2 is 1.67 bits per heavy atom. The first kappa shape index (κ1) is 15.1. The Hall–Kier alpha value is -2.29. The molecule has 0 unspecified atom stereocenters. The van der Waals surface area contributed by atoms with E-state index in [9.17, 15) is 4.79 Å². The van der Waals surface area contributed by atoms with E-state index in [1.807, 2.05) is 62.5 Å². The molecule has 110 valence electrons. The normalized spacial score (nSPS) is 10.5. The molecule has 3 heteroatoms. The summed E-state index contributed by atoms with van der Waals surface area (Å²) in [6.07, 6.45) is 0. The van der Waals surface area contributed by atoms with Crippen LogP contribution in [0.5, 0.6) is 0 Å². The van der Waals surface area contributed by atoms with Gasteiger partial charge in [-0.05, 0) is 44.5 Å². The number of nitrogens with one attached hydrogen (secondary N) is 1. The molecule has 0 heterocycles. The fraction of sp³-hybridized carbons (Fsp3) is 0.278. The van der Waals surface area contributed by atoms with E-state index in [1.54, 1.807) is 4.90 Å². The summed E-state index contributed by atoms with van der Waals surface area (Å²) in [6, 6.07) is 15.8. The van der Waals surface area contributed by atoms with Crippen molar-refractivity contribution in [3.63, 3.8) is 0 Å². The van der Waals surface area contributed by atoms with Crippen molar-refractivity contribution in [1.82, 2.24) is 0 Å². The van der Waals surface area contributed by atoms with E-state index in [1.165, 1.54) is 0 Å². The molecule has 2 rings (SSSR count). The Labute approximate surface area is 126 Å². The van der Waals surface area contributed by atoms with Gasteiger partial charge in [0.05, 0.1) is 5.56 Å². The molecule has 21 heavy (non-hydrogen) atoms. The summed E-state index contributed by atoms with van der Waals surface area (Å²) < 4.78 is 0. The van der Waals surface area contributed by atoms with Crippen LogP contribution in [0.1, 0.15) is 29.8 Å². The minimum absolute atomic E-state index is 0.00644. The van der Waals surface area contributed by atoms with Crippen LogP contribution in [0.25, 0.3) is 0 Å². The highest BCUT2D eigenvalue weighted by atomic mass is 16.2. The number of nitrogens with zero attached hydrogens (tertiary/aromatic N) is 1. The van der Waals surface area contributed by atoms with Gasteiger partial charge in [0.2, 0.25) is 0 Å². The van der Waals surface area contributed by atoms with Crippen LogP contribution in [0.15, 0.2) is 48.5 Å². The molecule has 0 aliphatic carbocycles. The quantitative estimate of drug-likeness (QED) is 0.916. The van der Waals surface area contributed by atoms with E-state index >= 15 is 0 Å². The Morgan fingerprint density at radius 3 is 2.33 bits per heavy atom. The first-order valence-corrected chi connectivity index (χ1v) is 7.20. The van der Waals surface area contributed by atoms with Gasteiger partial charge in [-0.25, -0.2) is 0 Å². The van der Waals surface area contributed by atoms with Gasteiger partial charge < -0.3 is 10.2 Å². The zero-order valence-corrected chi connectivity index (χ0v) is 13.1. The summed E-state index contributed by atoms with van der Waals surface area (Å²) in [5.41, 5.74) is 3.58. The molecule has 3 nitrogen and oxygen atoms in total.